The van der Waals surface area contributed by atoms with E-state index in [2.05, 4.69) is 30.6 Å². The molecule has 0 spiro atoms. The van der Waals surface area contributed by atoms with E-state index < -0.39 is 0 Å². The van der Waals surface area contributed by atoms with Gasteiger partial charge in [0.1, 0.15) is 17.3 Å². The second-order valence-electron chi connectivity index (χ2n) is 6.21. The van der Waals surface area contributed by atoms with Crippen molar-refractivity contribution in [2.24, 2.45) is 4.99 Å². The van der Waals surface area contributed by atoms with Crippen LogP contribution in [0, 0.1) is 0 Å². The van der Waals surface area contributed by atoms with Crippen molar-refractivity contribution >= 4 is 28.9 Å². The minimum atomic E-state index is 0.0754. The van der Waals surface area contributed by atoms with E-state index in [1.165, 1.54) is 0 Å². The van der Waals surface area contributed by atoms with E-state index >= 15 is 0 Å². The van der Waals surface area contributed by atoms with E-state index in [1.54, 1.807) is 12.3 Å². The number of amidine groups is 1. The number of ether oxygens (including phenoxy) is 1. The maximum atomic E-state index is 5.60. The summed E-state index contributed by atoms with van der Waals surface area (Å²) < 4.78 is 7.54. The van der Waals surface area contributed by atoms with Crippen LogP contribution in [0.3, 0.4) is 0 Å². The Morgan fingerprint density at radius 3 is 2.96 bits per heavy atom. The van der Waals surface area contributed by atoms with Gasteiger partial charge >= 0.3 is 0 Å². The molecule has 0 aromatic carbocycles. The number of imidazole rings is 1. The average molecular weight is 375 g/mol. The van der Waals surface area contributed by atoms with Gasteiger partial charge in [-0.2, -0.15) is 9.97 Å². The van der Waals surface area contributed by atoms with Crippen molar-refractivity contribution in [2.75, 3.05) is 17.2 Å². The van der Waals surface area contributed by atoms with Gasteiger partial charge in [-0.25, -0.2) is 4.98 Å². The smallest absolute Gasteiger partial charge is 0.233 e. The lowest BCUT2D eigenvalue weighted by Crippen LogP contribution is -2.14. The van der Waals surface area contributed by atoms with Crippen molar-refractivity contribution in [3.8, 4) is 5.88 Å². The molecular weight excluding hydrogens is 354 g/mol. The van der Waals surface area contributed by atoms with Crippen molar-refractivity contribution in [1.29, 1.82) is 0 Å². The first-order valence-corrected chi connectivity index (χ1v) is 9.11. The van der Waals surface area contributed by atoms with Gasteiger partial charge < -0.3 is 19.8 Å². The highest BCUT2D eigenvalue weighted by atomic mass is 16.5. The van der Waals surface area contributed by atoms with Crippen LogP contribution in [0.5, 0.6) is 5.88 Å². The number of rotatable bonds is 5. The zero-order chi connectivity index (χ0) is 19.3. The number of aromatic nitrogens is 4. The molecule has 1 atom stereocenters. The SMILES string of the molecule is CCOc1cc(Nc2ccn3ccnc3c2)nc(NC2=NC(C)C=CC=C2)n1. The summed E-state index contributed by atoms with van der Waals surface area (Å²) >= 11 is 0. The third-order valence-corrected chi connectivity index (χ3v) is 4.00. The third kappa shape index (κ3) is 4.17. The molecule has 28 heavy (non-hydrogen) atoms. The number of hydrogen-bond acceptors (Lipinski definition) is 7. The minimum absolute atomic E-state index is 0.0754. The maximum absolute atomic E-state index is 5.60. The number of allylic oxidation sites excluding steroid dienone is 2. The second kappa shape index (κ2) is 7.91. The van der Waals surface area contributed by atoms with E-state index in [9.17, 15) is 0 Å². The van der Waals surface area contributed by atoms with Gasteiger partial charge in [0.25, 0.3) is 0 Å². The summed E-state index contributed by atoms with van der Waals surface area (Å²) in [6.07, 6.45) is 13.4. The fourth-order valence-electron chi connectivity index (χ4n) is 2.77. The molecule has 0 saturated heterocycles. The highest BCUT2D eigenvalue weighted by Crippen LogP contribution is 2.21. The highest BCUT2D eigenvalue weighted by molar-refractivity contribution is 6.03. The van der Waals surface area contributed by atoms with Crippen LogP contribution in [0.15, 0.2) is 66.1 Å². The molecule has 4 rings (SSSR count). The molecule has 2 N–H and O–H groups in total. The van der Waals surface area contributed by atoms with Gasteiger partial charge in [-0.1, -0.05) is 18.2 Å². The predicted molar refractivity (Wildman–Crippen MR) is 110 cm³/mol. The zero-order valence-electron chi connectivity index (χ0n) is 15.7. The number of hydrogen-bond donors (Lipinski definition) is 2. The molecule has 3 aromatic rings. The molecule has 8 nitrogen and oxygen atoms in total. The van der Waals surface area contributed by atoms with Crippen LogP contribution in [0.1, 0.15) is 13.8 Å². The monoisotopic (exact) mass is 375 g/mol. The molecule has 4 heterocycles. The number of fused-ring (bicyclic) bond motifs is 1. The number of pyridine rings is 1. The van der Waals surface area contributed by atoms with E-state index in [-0.39, 0.29) is 6.04 Å². The van der Waals surface area contributed by atoms with Gasteiger partial charge in [-0.05, 0) is 26.0 Å². The van der Waals surface area contributed by atoms with Gasteiger partial charge in [-0.3, -0.25) is 4.99 Å². The van der Waals surface area contributed by atoms with Crippen LogP contribution >= 0.6 is 0 Å². The van der Waals surface area contributed by atoms with Gasteiger partial charge in [-0.15, -0.1) is 0 Å². The fraction of sp³-hybridized carbons (Fsp3) is 0.200. The number of aliphatic imine (C=N–C) groups is 1. The summed E-state index contributed by atoms with van der Waals surface area (Å²) in [6.45, 7) is 4.44. The fourth-order valence-corrected chi connectivity index (χ4v) is 2.77. The van der Waals surface area contributed by atoms with Crippen molar-refractivity contribution in [3.05, 3.63) is 61.1 Å². The Balaban J connectivity index is 1.61. The topological polar surface area (TPSA) is 88.7 Å². The maximum Gasteiger partial charge on any atom is 0.233 e. The van der Waals surface area contributed by atoms with Crippen molar-refractivity contribution in [1.82, 2.24) is 19.4 Å². The molecule has 0 bridgehead atoms. The van der Waals surface area contributed by atoms with E-state index in [0.29, 0.717) is 30.1 Å². The lowest BCUT2D eigenvalue weighted by atomic mass is 10.3. The summed E-state index contributed by atoms with van der Waals surface area (Å²) in [5, 5.41) is 6.46. The Kier molecular flexibility index (Phi) is 5.01. The molecule has 3 aromatic heterocycles. The van der Waals surface area contributed by atoms with Crippen LogP contribution < -0.4 is 15.4 Å². The zero-order valence-corrected chi connectivity index (χ0v) is 15.7. The van der Waals surface area contributed by atoms with E-state index in [0.717, 1.165) is 11.3 Å². The Labute approximate surface area is 162 Å². The second-order valence-corrected chi connectivity index (χ2v) is 6.21. The standard InChI is InChI=1S/C20H21N7O/c1-3-28-19-13-17(23-15-8-10-27-11-9-21-18(27)12-15)25-20(26-19)24-16-7-5-4-6-14(2)22-16/h4-14H,3H2,1-2H3,(H2,22,23,24,25,26). The Morgan fingerprint density at radius 1 is 1.14 bits per heavy atom. The van der Waals surface area contributed by atoms with Crippen LogP contribution in [0.4, 0.5) is 17.5 Å². The molecule has 142 valence electrons. The first-order valence-electron chi connectivity index (χ1n) is 9.11. The molecule has 0 fully saturated rings. The van der Waals surface area contributed by atoms with Crippen LogP contribution in [-0.4, -0.2) is 37.8 Å². The summed E-state index contributed by atoms with van der Waals surface area (Å²) in [5.74, 6) is 2.19. The van der Waals surface area contributed by atoms with Gasteiger partial charge in [0.05, 0.1) is 12.6 Å². The quantitative estimate of drug-likeness (QED) is 0.708. The van der Waals surface area contributed by atoms with Crippen molar-refractivity contribution in [3.63, 3.8) is 0 Å². The van der Waals surface area contributed by atoms with Crippen LogP contribution in [-0.2, 0) is 0 Å². The van der Waals surface area contributed by atoms with Gasteiger partial charge in [0.2, 0.25) is 11.8 Å². The Morgan fingerprint density at radius 2 is 2.07 bits per heavy atom. The number of nitrogens with one attached hydrogen (secondary N) is 2. The highest BCUT2D eigenvalue weighted by Gasteiger charge is 2.09. The normalized spacial score (nSPS) is 15.9. The average Bonchev–Trinajstić information content (AvgIpc) is 3.03. The van der Waals surface area contributed by atoms with Crippen LogP contribution in [0.2, 0.25) is 0 Å². The number of anilines is 3. The third-order valence-electron chi connectivity index (χ3n) is 4.00. The molecule has 0 radical (unpaired) electrons. The molecule has 0 saturated carbocycles. The lowest BCUT2D eigenvalue weighted by molar-refractivity contribution is 0.327. The predicted octanol–water partition coefficient (Wildman–Crippen LogP) is 3.59. The number of nitrogens with zero attached hydrogens (tertiary/aromatic N) is 5. The molecule has 1 aliphatic heterocycles. The van der Waals surface area contributed by atoms with Crippen molar-refractivity contribution < 1.29 is 4.74 Å². The first kappa shape index (κ1) is 17.7. The van der Waals surface area contributed by atoms with Gasteiger partial charge in [0.15, 0.2) is 0 Å². The van der Waals surface area contributed by atoms with E-state index in [4.69, 9.17) is 4.74 Å². The lowest BCUT2D eigenvalue weighted by Gasteiger charge is -2.12. The first-order chi connectivity index (χ1) is 13.7. The summed E-state index contributed by atoms with van der Waals surface area (Å²) in [7, 11) is 0. The molecule has 1 aliphatic rings. The molecular formula is C20H21N7O. The summed E-state index contributed by atoms with van der Waals surface area (Å²) in [5.41, 5.74) is 1.72. The van der Waals surface area contributed by atoms with Crippen LogP contribution in [0.25, 0.3) is 5.65 Å². The largest absolute Gasteiger partial charge is 0.478 e. The summed E-state index contributed by atoms with van der Waals surface area (Å²) in [4.78, 5) is 17.8. The Hall–Kier alpha value is -3.68. The molecule has 0 amide bonds. The van der Waals surface area contributed by atoms with E-state index in [1.807, 2.05) is 67.1 Å². The molecule has 8 heteroatoms. The Bertz CT molecular complexity index is 1070. The molecule has 1 unspecified atom stereocenters. The van der Waals surface area contributed by atoms with Crippen molar-refractivity contribution in [2.45, 2.75) is 19.9 Å². The van der Waals surface area contributed by atoms with Gasteiger partial charge in [0, 0.05) is 36.4 Å². The summed E-state index contributed by atoms with van der Waals surface area (Å²) in [6, 6.07) is 5.74. The molecule has 0 aliphatic carbocycles. The minimum Gasteiger partial charge on any atom is -0.478 e.